The number of benzene rings is 1. The van der Waals surface area contributed by atoms with Crippen molar-refractivity contribution in [3.05, 3.63) is 51.9 Å². The van der Waals surface area contributed by atoms with E-state index in [0.29, 0.717) is 0 Å². The van der Waals surface area contributed by atoms with Crippen LogP contribution in [0.15, 0.2) is 24.3 Å². The molecule has 3 nitrogen and oxygen atoms in total. The molecule has 1 heterocycles. The van der Waals surface area contributed by atoms with E-state index in [-0.39, 0.29) is 0 Å². The van der Waals surface area contributed by atoms with Gasteiger partial charge in [-0.15, -0.1) is 0 Å². The van der Waals surface area contributed by atoms with E-state index in [0.717, 1.165) is 42.5 Å². The summed E-state index contributed by atoms with van der Waals surface area (Å²) in [4.78, 5) is 9.43. The quantitative estimate of drug-likeness (QED) is 0.933. The molecule has 20 heavy (non-hydrogen) atoms. The molecule has 0 spiro atoms. The van der Waals surface area contributed by atoms with Crippen molar-refractivity contribution in [2.45, 2.75) is 32.6 Å². The third kappa shape index (κ3) is 2.78. The van der Waals surface area contributed by atoms with Gasteiger partial charge in [0, 0.05) is 29.2 Å². The maximum Gasteiger partial charge on any atom is 0.135 e. The summed E-state index contributed by atoms with van der Waals surface area (Å²) in [5, 5.41) is 4.13. The molecule has 1 N–H and O–H groups in total. The van der Waals surface area contributed by atoms with E-state index in [1.54, 1.807) is 0 Å². The van der Waals surface area contributed by atoms with Crippen LogP contribution in [0.5, 0.6) is 0 Å². The van der Waals surface area contributed by atoms with Crippen molar-refractivity contribution in [2.75, 3.05) is 11.9 Å². The summed E-state index contributed by atoms with van der Waals surface area (Å²) in [6.45, 7) is 2.99. The lowest BCUT2D eigenvalue weighted by molar-refractivity contribution is 0.885. The molecular weight excluding hydrogens is 270 g/mol. The second-order valence-corrected chi connectivity index (χ2v) is 5.54. The number of halogens is 1. The highest BCUT2D eigenvalue weighted by atomic mass is 35.5. The first-order chi connectivity index (χ1) is 9.76. The van der Waals surface area contributed by atoms with Crippen LogP contribution in [-0.2, 0) is 19.3 Å². The highest BCUT2D eigenvalue weighted by Gasteiger charge is 2.18. The van der Waals surface area contributed by atoms with Gasteiger partial charge in [-0.2, -0.15) is 0 Å². The summed E-state index contributed by atoms with van der Waals surface area (Å²) in [6, 6.07) is 7.89. The molecule has 104 valence electrons. The number of hydrogen-bond acceptors (Lipinski definition) is 3. The fourth-order valence-electron chi connectivity index (χ4n) is 2.66. The van der Waals surface area contributed by atoms with Crippen LogP contribution < -0.4 is 5.32 Å². The number of hydrogen-bond donors (Lipinski definition) is 1. The lowest BCUT2D eigenvalue weighted by Crippen LogP contribution is -2.08. The molecule has 1 aromatic heterocycles. The van der Waals surface area contributed by atoms with Gasteiger partial charge in [-0.25, -0.2) is 9.97 Å². The number of aromatic nitrogens is 2. The summed E-state index contributed by atoms with van der Waals surface area (Å²) < 4.78 is 0. The van der Waals surface area contributed by atoms with Crippen LogP contribution in [0.25, 0.3) is 0 Å². The van der Waals surface area contributed by atoms with Gasteiger partial charge in [0.15, 0.2) is 0 Å². The Morgan fingerprint density at radius 1 is 1.15 bits per heavy atom. The first-order valence-electron chi connectivity index (χ1n) is 7.13. The second kappa shape index (κ2) is 5.80. The minimum atomic E-state index is 0.753. The molecule has 0 radical (unpaired) electrons. The van der Waals surface area contributed by atoms with E-state index in [1.165, 1.54) is 23.2 Å². The van der Waals surface area contributed by atoms with Crippen molar-refractivity contribution in [1.82, 2.24) is 9.97 Å². The molecule has 0 saturated carbocycles. The van der Waals surface area contributed by atoms with E-state index in [9.17, 15) is 0 Å². The molecule has 3 rings (SSSR count). The summed E-state index contributed by atoms with van der Waals surface area (Å²) in [6.07, 6.45) is 4.11. The number of nitrogens with zero attached hydrogens (tertiary/aromatic N) is 2. The molecule has 1 aromatic carbocycles. The predicted molar refractivity (Wildman–Crippen MR) is 82.5 cm³/mol. The highest BCUT2D eigenvalue weighted by Crippen LogP contribution is 2.26. The topological polar surface area (TPSA) is 37.8 Å². The fourth-order valence-corrected chi connectivity index (χ4v) is 2.79. The summed E-state index contributed by atoms with van der Waals surface area (Å²) in [7, 11) is 0. The van der Waals surface area contributed by atoms with Crippen molar-refractivity contribution >= 4 is 17.4 Å². The number of aryl methyl sites for hydroxylation is 1. The minimum Gasteiger partial charge on any atom is -0.370 e. The fraction of sp³-hybridized carbons (Fsp3) is 0.375. The third-order valence-electron chi connectivity index (χ3n) is 3.60. The Hall–Kier alpha value is -1.61. The molecule has 0 unspecified atom stereocenters. The van der Waals surface area contributed by atoms with E-state index < -0.39 is 0 Å². The first-order valence-corrected chi connectivity index (χ1v) is 7.51. The lowest BCUT2D eigenvalue weighted by Gasteiger charge is -2.11. The molecule has 0 bridgehead atoms. The molecule has 4 heteroatoms. The maximum absolute atomic E-state index is 5.92. The molecule has 0 fully saturated rings. The van der Waals surface area contributed by atoms with Gasteiger partial charge in [-0.1, -0.05) is 23.7 Å². The zero-order chi connectivity index (χ0) is 13.9. The van der Waals surface area contributed by atoms with Crippen LogP contribution in [0.4, 0.5) is 5.82 Å². The Kier molecular flexibility index (Phi) is 3.88. The van der Waals surface area contributed by atoms with Gasteiger partial charge in [0.25, 0.3) is 0 Å². The van der Waals surface area contributed by atoms with Crippen LogP contribution in [0.2, 0.25) is 5.02 Å². The molecule has 1 aliphatic rings. The molecular formula is C16H18ClN3. The molecule has 1 aliphatic carbocycles. The molecule has 0 saturated heterocycles. The van der Waals surface area contributed by atoms with Crippen LogP contribution in [-0.4, -0.2) is 16.5 Å². The average molecular weight is 288 g/mol. The minimum absolute atomic E-state index is 0.753. The van der Waals surface area contributed by atoms with Crippen LogP contribution in [0.1, 0.15) is 36.0 Å². The maximum atomic E-state index is 5.92. The number of nitrogens with one attached hydrogen (secondary N) is 1. The van der Waals surface area contributed by atoms with Gasteiger partial charge in [0.05, 0.1) is 0 Å². The van der Waals surface area contributed by atoms with E-state index >= 15 is 0 Å². The molecule has 0 aliphatic heterocycles. The lowest BCUT2D eigenvalue weighted by atomic mass is 10.1. The Labute approximate surface area is 124 Å². The largest absolute Gasteiger partial charge is 0.370 e. The van der Waals surface area contributed by atoms with Crippen molar-refractivity contribution < 1.29 is 0 Å². The summed E-state index contributed by atoms with van der Waals surface area (Å²) in [5.41, 5.74) is 3.72. The Morgan fingerprint density at radius 2 is 1.95 bits per heavy atom. The Balaban J connectivity index is 1.89. The van der Waals surface area contributed by atoms with Gasteiger partial charge in [-0.3, -0.25) is 0 Å². The summed E-state index contributed by atoms with van der Waals surface area (Å²) >= 11 is 5.92. The van der Waals surface area contributed by atoms with Crippen molar-refractivity contribution in [3.8, 4) is 0 Å². The number of rotatable bonds is 4. The zero-order valence-corrected chi connectivity index (χ0v) is 12.4. The molecule has 2 aromatic rings. The molecule has 0 atom stereocenters. The standard InChI is InChI=1S/C16H18ClN3/c1-2-18-16-13-4-3-5-14(13)19-15(20-16)10-11-6-8-12(17)9-7-11/h6-9H,2-5,10H2,1H3,(H,18,19,20). The van der Waals surface area contributed by atoms with Gasteiger partial charge in [0.1, 0.15) is 11.6 Å². The normalized spacial score (nSPS) is 13.3. The van der Waals surface area contributed by atoms with Crippen LogP contribution >= 0.6 is 11.6 Å². The van der Waals surface area contributed by atoms with Gasteiger partial charge < -0.3 is 5.32 Å². The predicted octanol–water partition coefficient (Wildman–Crippen LogP) is 3.64. The zero-order valence-electron chi connectivity index (χ0n) is 11.6. The SMILES string of the molecule is CCNc1nc(Cc2ccc(Cl)cc2)nc2c1CCC2. The van der Waals surface area contributed by atoms with Gasteiger partial charge in [0.2, 0.25) is 0 Å². The smallest absolute Gasteiger partial charge is 0.135 e. The Bertz CT molecular complexity index is 608. The van der Waals surface area contributed by atoms with E-state index in [2.05, 4.69) is 12.2 Å². The van der Waals surface area contributed by atoms with E-state index in [4.69, 9.17) is 21.6 Å². The first kappa shape index (κ1) is 13.4. The molecule has 0 amide bonds. The van der Waals surface area contributed by atoms with Crippen molar-refractivity contribution in [3.63, 3.8) is 0 Å². The summed E-state index contributed by atoms with van der Waals surface area (Å²) in [5.74, 6) is 1.92. The van der Waals surface area contributed by atoms with E-state index in [1.807, 2.05) is 24.3 Å². The van der Waals surface area contributed by atoms with Crippen LogP contribution in [0, 0.1) is 0 Å². The average Bonchev–Trinajstić information content (AvgIpc) is 2.90. The van der Waals surface area contributed by atoms with Crippen molar-refractivity contribution in [2.24, 2.45) is 0 Å². The third-order valence-corrected chi connectivity index (χ3v) is 3.85. The second-order valence-electron chi connectivity index (χ2n) is 5.10. The van der Waals surface area contributed by atoms with Gasteiger partial charge in [-0.05, 0) is 43.9 Å². The number of fused-ring (bicyclic) bond motifs is 1. The van der Waals surface area contributed by atoms with Crippen molar-refractivity contribution in [1.29, 1.82) is 0 Å². The monoisotopic (exact) mass is 287 g/mol. The number of anilines is 1. The van der Waals surface area contributed by atoms with Crippen LogP contribution in [0.3, 0.4) is 0 Å². The highest BCUT2D eigenvalue weighted by molar-refractivity contribution is 6.30. The Morgan fingerprint density at radius 3 is 2.70 bits per heavy atom. The van der Waals surface area contributed by atoms with Gasteiger partial charge >= 0.3 is 0 Å².